The lowest BCUT2D eigenvalue weighted by atomic mass is 9.98. The topological polar surface area (TPSA) is 43.8 Å². The second kappa shape index (κ2) is 4.49. The first-order chi connectivity index (χ1) is 9.04. The van der Waals surface area contributed by atoms with Crippen molar-refractivity contribution < 1.29 is 0 Å². The van der Waals surface area contributed by atoms with Crippen molar-refractivity contribution in [2.24, 2.45) is 11.7 Å². The number of benzene rings is 1. The van der Waals surface area contributed by atoms with Crippen LogP contribution in [0.5, 0.6) is 0 Å². The van der Waals surface area contributed by atoms with E-state index in [2.05, 4.69) is 49.7 Å². The zero-order chi connectivity index (χ0) is 13.6. The van der Waals surface area contributed by atoms with Crippen LogP contribution in [0.25, 0.3) is 11.3 Å². The minimum atomic E-state index is 0.0719. The zero-order valence-electron chi connectivity index (χ0n) is 11.9. The van der Waals surface area contributed by atoms with E-state index < -0.39 is 0 Å². The molecule has 1 aliphatic rings. The molecule has 0 spiro atoms. The number of fused-ring (bicyclic) bond motifs is 1. The SMILES string of the molecule is Cc1ccc(C)c(-c2cn3c(n2)C(N)CC(C)C3)c1. The molecule has 0 saturated heterocycles. The Kier molecular flexibility index (Phi) is 2.94. The summed E-state index contributed by atoms with van der Waals surface area (Å²) < 4.78 is 2.23. The van der Waals surface area contributed by atoms with Crippen molar-refractivity contribution in [2.75, 3.05) is 0 Å². The van der Waals surface area contributed by atoms with Crippen LogP contribution >= 0.6 is 0 Å². The van der Waals surface area contributed by atoms with E-state index in [0.717, 1.165) is 24.5 Å². The molecule has 0 amide bonds. The van der Waals surface area contributed by atoms with E-state index in [9.17, 15) is 0 Å². The first-order valence-corrected chi connectivity index (χ1v) is 6.95. The quantitative estimate of drug-likeness (QED) is 0.850. The molecule has 2 atom stereocenters. The Morgan fingerprint density at radius 3 is 2.89 bits per heavy atom. The predicted octanol–water partition coefficient (Wildman–Crippen LogP) is 3.21. The minimum absolute atomic E-state index is 0.0719. The molecule has 0 fully saturated rings. The van der Waals surface area contributed by atoms with Crippen LogP contribution < -0.4 is 5.73 Å². The van der Waals surface area contributed by atoms with Crippen LogP contribution in [0.1, 0.15) is 36.3 Å². The molecule has 0 saturated carbocycles. The van der Waals surface area contributed by atoms with Gasteiger partial charge in [0, 0.05) is 18.3 Å². The molecule has 0 radical (unpaired) electrons. The molecule has 2 aromatic rings. The Bertz CT molecular complexity index is 612. The van der Waals surface area contributed by atoms with Crippen LogP contribution in [0.4, 0.5) is 0 Å². The van der Waals surface area contributed by atoms with Crippen LogP contribution in [0.3, 0.4) is 0 Å². The third-order valence-corrected chi connectivity index (χ3v) is 3.97. The highest BCUT2D eigenvalue weighted by Crippen LogP contribution is 2.30. The van der Waals surface area contributed by atoms with Gasteiger partial charge in [-0.2, -0.15) is 0 Å². The lowest BCUT2D eigenvalue weighted by Gasteiger charge is -2.25. The van der Waals surface area contributed by atoms with Crippen LogP contribution in [0, 0.1) is 19.8 Å². The number of aryl methyl sites for hydroxylation is 2. The number of nitrogens with zero attached hydrogens (tertiary/aromatic N) is 2. The molecule has 0 bridgehead atoms. The molecule has 3 nitrogen and oxygen atoms in total. The average molecular weight is 255 g/mol. The smallest absolute Gasteiger partial charge is 0.126 e. The van der Waals surface area contributed by atoms with Crippen molar-refractivity contribution in [1.29, 1.82) is 0 Å². The highest BCUT2D eigenvalue weighted by Gasteiger charge is 2.24. The molecule has 1 aromatic heterocycles. The highest BCUT2D eigenvalue weighted by molar-refractivity contribution is 5.64. The summed E-state index contributed by atoms with van der Waals surface area (Å²) in [6.07, 6.45) is 3.19. The van der Waals surface area contributed by atoms with Gasteiger partial charge in [-0.05, 0) is 37.8 Å². The van der Waals surface area contributed by atoms with E-state index in [4.69, 9.17) is 10.7 Å². The van der Waals surface area contributed by atoms with Crippen LogP contribution in [-0.4, -0.2) is 9.55 Å². The maximum Gasteiger partial charge on any atom is 0.126 e. The summed E-state index contributed by atoms with van der Waals surface area (Å²) in [4.78, 5) is 4.78. The fourth-order valence-electron chi connectivity index (χ4n) is 2.96. The van der Waals surface area contributed by atoms with Gasteiger partial charge in [0.05, 0.1) is 11.7 Å². The molecule has 3 rings (SSSR count). The van der Waals surface area contributed by atoms with Gasteiger partial charge in [0.2, 0.25) is 0 Å². The molecule has 100 valence electrons. The van der Waals surface area contributed by atoms with Crippen molar-refractivity contribution in [1.82, 2.24) is 9.55 Å². The zero-order valence-corrected chi connectivity index (χ0v) is 11.9. The van der Waals surface area contributed by atoms with Gasteiger partial charge in [-0.15, -0.1) is 0 Å². The summed E-state index contributed by atoms with van der Waals surface area (Å²) in [5.74, 6) is 1.66. The molecule has 0 aliphatic carbocycles. The first-order valence-electron chi connectivity index (χ1n) is 6.95. The van der Waals surface area contributed by atoms with E-state index in [1.54, 1.807) is 0 Å². The minimum Gasteiger partial charge on any atom is -0.333 e. The van der Waals surface area contributed by atoms with Gasteiger partial charge in [0.15, 0.2) is 0 Å². The second-order valence-corrected chi connectivity index (χ2v) is 5.90. The van der Waals surface area contributed by atoms with Gasteiger partial charge in [0.1, 0.15) is 5.82 Å². The summed E-state index contributed by atoms with van der Waals surface area (Å²) in [6.45, 7) is 7.53. The molecule has 2 heterocycles. The molecule has 2 N–H and O–H groups in total. The molecule has 2 unspecified atom stereocenters. The predicted molar refractivity (Wildman–Crippen MR) is 77.8 cm³/mol. The third kappa shape index (κ3) is 2.19. The summed E-state index contributed by atoms with van der Waals surface area (Å²) in [5.41, 5.74) is 11.0. The number of hydrogen-bond donors (Lipinski definition) is 1. The van der Waals surface area contributed by atoms with Crippen molar-refractivity contribution in [2.45, 2.75) is 39.8 Å². The standard InChI is InChI=1S/C16H21N3/c1-10-4-5-12(3)13(6-10)15-9-19-8-11(2)7-14(17)16(19)18-15/h4-6,9,11,14H,7-8,17H2,1-3H3. The summed E-state index contributed by atoms with van der Waals surface area (Å²) in [7, 11) is 0. The van der Waals surface area contributed by atoms with Gasteiger partial charge in [-0.25, -0.2) is 4.98 Å². The number of rotatable bonds is 1. The van der Waals surface area contributed by atoms with Crippen LogP contribution in [-0.2, 0) is 6.54 Å². The third-order valence-electron chi connectivity index (χ3n) is 3.97. The van der Waals surface area contributed by atoms with Crippen molar-refractivity contribution in [3.63, 3.8) is 0 Å². The molecular weight excluding hydrogens is 234 g/mol. The Hall–Kier alpha value is -1.61. The number of imidazole rings is 1. The van der Waals surface area contributed by atoms with Crippen LogP contribution in [0.2, 0.25) is 0 Å². The molecule has 1 aromatic carbocycles. The fraction of sp³-hybridized carbons (Fsp3) is 0.438. The van der Waals surface area contributed by atoms with E-state index in [0.29, 0.717) is 5.92 Å². The Labute approximate surface area is 114 Å². The molecule has 19 heavy (non-hydrogen) atoms. The van der Waals surface area contributed by atoms with Gasteiger partial charge < -0.3 is 10.3 Å². The van der Waals surface area contributed by atoms with Crippen molar-refractivity contribution in [3.05, 3.63) is 41.3 Å². The summed E-state index contributed by atoms with van der Waals surface area (Å²) in [6, 6.07) is 6.58. The molecule has 1 aliphatic heterocycles. The van der Waals surface area contributed by atoms with Gasteiger partial charge in [0.25, 0.3) is 0 Å². The van der Waals surface area contributed by atoms with Gasteiger partial charge >= 0.3 is 0 Å². The summed E-state index contributed by atoms with van der Waals surface area (Å²) in [5, 5.41) is 0. The normalized spacial score (nSPS) is 22.3. The summed E-state index contributed by atoms with van der Waals surface area (Å²) >= 11 is 0. The van der Waals surface area contributed by atoms with E-state index in [1.807, 2.05) is 0 Å². The van der Waals surface area contributed by atoms with Crippen molar-refractivity contribution in [3.8, 4) is 11.3 Å². The van der Waals surface area contributed by atoms with Gasteiger partial charge in [-0.3, -0.25) is 0 Å². The lowest BCUT2D eigenvalue weighted by molar-refractivity contribution is 0.346. The Morgan fingerprint density at radius 1 is 1.32 bits per heavy atom. The Morgan fingerprint density at radius 2 is 2.11 bits per heavy atom. The lowest BCUT2D eigenvalue weighted by Crippen LogP contribution is -2.26. The van der Waals surface area contributed by atoms with E-state index >= 15 is 0 Å². The van der Waals surface area contributed by atoms with Crippen molar-refractivity contribution >= 4 is 0 Å². The second-order valence-electron chi connectivity index (χ2n) is 5.90. The van der Waals surface area contributed by atoms with Crippen LogP contribution in [0.15, 0.2) is 24.4 Å². The first kappa shape index (κ1) is 12.4. The number of hydrogen-bond acceptors (Lipinski definition) is 2. The van der Waals surface area contributed by atoms with E-state index in [1.165, 1.54) is 16.7 Å². The maximum absolute atomic E-state index is 6.21. The number of nitrogens with two attached hydrogens (primary N) is 1. The average Bonchev–Trinajstić information content (AvgIpc) is 2.76. The fourth-order valence-corrected chi connectivity index (χ4v) is 2.96. The largest absolute Gasteiger partial charge is 0.333 e. The monoisotopic (exact) mass is 255 g/mol. The Balaban J connectivity index is 2.08. The van der Waals surface area contributed by atoms with E-state index in [-0.39, 0.29) is 6.04 Å². The number of aromatic nitrogens is 2. The molecule has 3 heteroatoms. The van der Waals surface area contributed by atoms with Gasteiger partial charge in [-0.1, -0.05) is 24.6 Å². The maximum atomic E-state index is 6.21. The highest BCUT2D eigenvalue weighted by atomic mass is 15.1. The molecular formula is C16H21N3.